The SMILES string of the molecule is C[CH2][Fe](=[C]=O)[C]1=CC=CC1. The molecule has 1 rings (SSSR count). The summed E-state index contributed by atoms with van der Waals surface area (Å²) in [5, 5.41) is 0.955. The summed E-state index contributed by atoms with van der Waals surface area (Å²) in [5.74, 6) is 0. The van der Waals surface area contributed by atoms with Gasteiger partial charge in [-0.3, -0.25) is 0 Å². The maximum absolute atomic E-state index is 10.4. The Labute approximate surface area is 64.9 Å². The number of hydrogen-bond donors (Lipinski definition) is 0. The topological polar surface area (TPSA) is 17.1 Å². The zero-order valence-electron chi connectivity index (χ0n) is 5.91. The Hall–Kier alpha value is -0.421. The molecule has 1 aliphatic carbocycles. The fourth-order valence-corrected chi connectivity index (χ4v) is 2.37. The van der Waals surface area contributed by atoms with Crippen molar-refractivity contribution in [2.24, 2.45) is 0 Å². The Morgan fingerprint density at radius 2 is 2.60 bits per heavy atom. The van der Waals surface area contributed by atoms with Crippen LogP contribution in [0.15, 0.2) is 22.7 Å². The van der Waals surface area contributed by atoms with Gasteiger partial charge in [0.2, 0.25) is 0 Å². The van der Waals surface area contributed by atoms with Crippen molar-refractivity contribution in [3.8, 4) is 0 Å². The molecule has 0 heterocycles. The fraction of sp³-hybridized carbons (Fsp3) is 0.375. The third-order valence-corrected chi connectivity index (χ3v) is 3.65. The molecule has 2 heteroatoms. The molecule has 0 bridgehead atoms. The van der Waals surface area contributed by atoms with Crippen LogP contribution in [0.3, 0.4) is 0 Å². The Balaban J connectivity index is 2.75. The first-order valence-electron chi connectivity index (χ1n) is 3.23. The van der Waals surface area contributed by atoms with Crippen LogP contribution in [0.1, 0.15) is 13.3 Å². The summed E-state index contributed by atoms with van der Waals surface area (Å²) in [4.78, 5) is 12.5. The van der Waals surface area contributed by atoms with Crippen LogP contribution in [0.4, 0.5) is 0 Å². The van der Waals surface area contributed by atoms with Crippen LogP contribution in [0.25, 0.3) is 0 Å². The number of hydrogen-bond acceptors (Lipinski definition) is 1. The van der Waals surface area contributed by atoms with Crippen LogP contribution in [-0.2, 0) is 18.3 Å². The molecule has 0 radical (unpaired) electrons. The van der Waals surface area contributed by atoms with Crippen molar-refractivity contribution in [3.05, 3.63) is 22.7 Å². The van der Waals surface area contributed by atoms with E-state index in [9.17, 15) is 4.79 Å². The van der Waals surface area contributed by atoms with Gasteiger partial charge in [0, 0.05) is 0 Å². The first-order valence-corrected chi connectivity index (χ1v) is 5.12. The first-order chi connectivity index (χ1) is 4.88. The summed E-state index contributed by atoms with van der Waals surface area (Å²) in [6.07, 6.45) is 7.13. The van der Waals surface area contributed by atoms with E-state index >= 15 is 0 Å². The van der Waals surface area contributed by atoms with Crippen LogP contribution in [0, 0.1) is 0 Å². The fourth-order valence-electron chi connectivity index (χ4n) is 0.832. The number of allylic oxidation sites excluding steroid dienone is 4. The molecule has 0 N–H and O–H groups in total. The molecule has 0 fully saturated rings. The predicted molar refractivity (Wildman–Crippen MR) is 38.0 cm³/mol. The molecule has 0 aliphatic heterocycles. The van der Waals surface area contributed by atoms with E-state index in [4.69, 9.17) is 0 Å². The number of rotatable bonds is 2. The molecule has 10 heavy (non-hydrogen) atoms. The summed E-state index contributed by atoms with van der Waals surface area (Å²) in [6, 6.07) is 0. The molecule has 0 amide bonds. The number of carbonyl (C=O) groups excluding carboxylic acids is 1. The second-order valence-electron chi connectivity index (χ2n) is 1.89. The van der Waals surface area contributed by atoms with Gasteiger partial charge in [0.1, 0.15) is 0 Å². The van der Waals surface area contributed by atoms with E-state index in [1.807, 2.05) is 13.0 Å². The second kappa shape index (κ2) is 3.68. The van der Waals surface area contributed by atoms with Gasteiger partial charge in [0.05, 0.1) is 0 Å². The second-order valence-corrected chi connectivity index (χ2v) is 4.66. The molecule has 1 nitrogen and oxygen atoms in total. The van der Waals surface area contributed by atoms with E-state index in [0.29, 0.717) is 0 Å². The van der Waals surface area contributed by atoms with Gasteiger partial charge in [-0.05, 0) is 0 Å². The molecule has 56 valence electrons. The van der Waals surface area contributed by atoms with E-state index < -0.39 is 13.5 Å². The van der Waals surface area contributed by atoms with Crippen LogP contribution >= 0.6 is 0 Å². The molecule has 0 saturated heterocycles. The van der Waals surface area contributed by atoms with E-state index in [-0.39, 0.29) is 0 Å². The summed E-state index contributed by atoms with van der Waals surface area (Å²) in [5.41, 5.74) is 0. The van der Waals surface area contributed by atoms with E-state index in [2.05, 4.69) is 16.9 Å². The molecule has 0 saturated carbocycles. The van der Waals surface area contributed by atoms with Crippen LogP contribution in [0.2, 0.25) is 5.32 Å². The van der Waals surface area contributed by atoms with E-state index in [0.717, 1.165) is 11.7 Å². The van der Waals surface area contributed by atoms with Gasteiger partial charge >= 0.3 is 64.4 Å². The molecular weight excluding hydrogens is 168 g/mol. The average Bonchev–Trinajstić information content (AvgIpc) is 2.43. The average molecular weight is 178 g/mol. The Kier molecular flexibility index (Phi) is 2.82. The molecular formula is C8H10FeO. The van der Waals surface area contributed by atoms with Gasteiger partial charge in [-0.15, -0.1) is 0 Å². The molecule has 0 aromatic rings. The summed E-state index contributed by atoms with van der Waals surface area (Å²) >= 11 is -0.736. The summed E-state index contributed by atoms with van der Waals surface area (Å²) in [7, 11) is 0. The van der Waals surface area contributed by atoms with Crippen molar-refractivity contribution in [1.29, 1.82) is 0 Å². The minimum atomic E-state index is -0.736. The maximum atomic E-state index is 10.4. The normalized spacial score (nSPS) is 16.5. The monoisotopic (exact) mass is 178 g/mol. The van der Waals surface area contributed by atoms with E-state index in [1.165, 1.54) is 4.47 Å². The Morgan fingerprint density at radius 1 is 1.80 bits per heavy atom. The molecule has 1 aliphatic rings. The van der Waals surface area contributed by atoms with Crippen molar-refractivity contribution in [2.75, 3.05) is 0 Å². The molecule has 0 atom stereocenters. The molecule has 0 aromatic carbocycles. The van der Waals surface area contributed by atoms with Crippen molar-refractivity contribution in [3.63, 3.8) is 0 Å². The Morgan fingerprint density at radius 3 is 3.00 bits per heavy atom. The van der Waals surface area contributed by atoms with Gasteiger partial charge < -0.3 is 0 Å². The van der Waals surface area contributed by atoms with Crippen molar-refractivity contribution in [1.82, 2.24) is 0 Å². The molecule has 0 unspecified atom stereocenters. The van der Waals surface area contributed by atoms with Crippen LogP contribution in [-0.4, -0.2) is 4.79 Å². The summed E-state index contributed by atoms with van der Waals surface area (Å²) < 4.78 is 1.29. The first kappa shape index (κ1) is 7.68. The quantitative estimate of drug-likeness (QED) is 0.590. The summed E-state index contributed by atoms with van der Waals surface area (Å²) in [6.45, 7) is 2.05. The Bertz CT molecular complexity index is 232. The zero-order chi connectivity index (χ0) is 7.40. The minimum absolute atomic E-state index is 0.736. The van der Waals surface area contributed by atoms with Gasteiger partial charge in [-0.25, -0.2) is 0 Å². The van der Waals surface area contributed by atoms with Crippen molar-refractivity contribution < 1.29 is 18.3 Å². The predicted octanol–water partition coefficient (Wildman–Crippen LogP) is 1.95. The standard InChI is InChI=1S/C5H5.C2H5.CO.Fe/c1-2-4-5-3-1;2*1-2;/h1-3H,4H2;1H2,2H3;;. The van der Waals surface area contributed by atoms with Gasteiger partial charge in [0.25, 0.3) is 0 Å². The zero-order valence-corrected chi connectivity index (χ0v) is 7.01. The van der Waals surface area contributed by atoms with E-state index in [1.54, 1.807) is 0 Å². The van der Waals surface area contributed by atoms with Gasteiger partial charge in [-0.2, -0.15) is 0 Å². The van der Waals surface area contributed by atoms with Crippen molar-refractivity contribution in [2.45, 2.75) is 18.7 Å². The van der Waals surface area contributed by atoms with Crippen LogP contribution < -0.4 is 0 Å². The molecule has 0 spiro atoms. The van der Waals surface area contributed by atoms with Gasteiger partial charge in [0.15, 0.2) is 0 Å². The van der Waals surface area contributed by atoms with Gasteiger partial charge in [-0.1, -0.05) is 0 Å². The molecule has 0 aromatic heterocycles. The van der Waals surface area contributed by atoms with Crippen LogP contribution in [0.5, 0.6) is 0 Å². The third-order valence-electron chi connectivity index (χ3n) is 1.33. The van der Waals surface area contributed by atoms with Crippen molar-refractivity contribution >= 4 is 4.79 Å². The third kappa shape index (κ3) is 1.54.